The van der Waals surface area contributed by atoms with Crippen molar-refractivity contribution in [3.05, 3.63) is 0 Å². The molecule has 0 saturated carbocycles. The first-order valence-electron chi connectivity index (χ1n) is 8.06. The largest absolute Gasteiger partial charge is 0.481 e. The van der Waals surface area contributed by atoms with Crippen LogP contribution in [0.2, 0.25) is 0 Å². The van der Waals surface area contributed by atoms with Crippen LogP contribution >= 0.6 is 0 Å². The fourth-order valence-corrected chi connectivity index (χ4v) is 2.72. The molecule has 0 aromatic carbocycles. The Labute approximate surface area is 151 Å². The second-order valence-electron chi connectivity index (χ2n) is 6.02. The van der Waals surface area contributed by atoms with Gasteiger partial charge in [0.1, 0.15) is 30.3 Å². The van der Waals surface area contributed by atoms with Crippen LogP contribution in [0.5, 0.6) is 0 Å². The molecule has 0 aliphatic carbocycles. The van der Waals surface area contributed by atoms with Gasteiger partial charge in [-0.25, -0.2) is 10.9 Å². The number of amides is 1. The van der Waals surface area contributed by atoms with Gasteiger partial charge in [-0.1, -0.05) is 0 Å². The minimum absolute atomic E-state index is 0.117. The van der Waals surface area contributed by atoms with E-state index < -0.39 is 60.7 Å². The van der Waals surface area contributed by atoms with Crippen molar-refractivity contribution in [1.29, 1.82) is 0 Å². The van der Waals surface area contributed by atoms with E-state index in [1.165, 1.54) is 28.1 Å². The average Bonchev–Trinajstić information content (AvgIpc) is 2.54. The zero-order valence-corrected chi connectivity index (χ0v) is 15.2. The van der Waals surface area contributed by atoms with E-state index in [2.05, 4.69) is 16.2 Å². The number of hydrogen-bond donors (Lipinski definition) is 5. The molecule has 11 nitrogen and oxygen atoms in total. The Hall–Kier alpha value is -1.63. The molecule has 1 rings (SSSR count). The fraction of sp³-hybridized carbons (Fsp3) is 0.800. The maximum absolute atomic E-state index is 11.6. The molecule has 1 aliphatic rings. The van der Waals surface area contributed by atoms with E-state index in [0.29, 0.717) is 0 Å². The van der Waals surface area contributed by atoms with Gasteiger partial charge in [0.25, 0.3) is 0 Å². The number of Topliss-reactive ketones (excluding diaryl/α,β-unsaturated/α-hetero) is 1. The van der Waals surface area contributed by atoms with E-state index >= 15 is 0 Å². The number of nitrogens with one attached hydrogen (secondary N) is 3. The van der Waals surface area contributed by atoms with Gasteiger partial charge < -0.3 is 29.7 Å². The minimum Gasteiger partial charge on any atom is -0.481 e. The van der Waals surface area contributed by atoms with Crippen LogP contribution < -0.4 is 16.2 Å². The van der Waals surface area contributed by atoms with Crippen molar-refractivity contribution in [3.8, 4) is 0 Å². The monoisotopic (exact) mass is 377 g/mol. The number of methoxy groups -OCH3 is 2. The highest BCUT2D eigenvalue weighted by atomic mass is 16.6. The van der Waals surface area contributed by atoms with E-state index in [-0.39, 0.29) is 6.61 Å². The van der Waals surface area contributed by atoms with Crippen molar-refractivity contribution in [1.82, 2.24) is 16.2 Å². The number of rotatable bonds is 10. The summed E-state index contributed by atoms with van der Waals surface area (Å²) in [6.07, 6.45) is -3.94. The number of carboxylic acid groups (broad SMARTS) is 1. The van der Waals surface area contributed by atoms with E-state index in [1.807, 2.05) is 0 Å². The number of aliphatic hydroxyl groups excluding tert-OH is 1. The molecule has 5 N–H and O–H groups in total. The number of aliphatic carboxylic acids is 1. The van der Waals surface area contributed by atoms with Crippen LogP contribution in [0.4, 0.5) is 0 Å². The fourth-order valence-electron chi connectivity index (χ4n) is 2.72. The van der Waals surface area contributed by atoms with Crippen molar-refractivity contribution in [2.24, 2.45) is 0 Å². The van der Waals surface area contributed by atoms with Gasteiger partial charge in [-0.3, -0.25) is 14.4 Å². The summed E-state index contributed by atoms with van der Waals surface area (Å²) in [5.41, 5.74) is 5.28. The van der Waals surface area contributed by atoms with Crippen LogP contribution in [0.15, 0.2) is 0 Å². The normalized spacial score (nSPS) is 29.8. The Balaban J connectivity index is 2.92. The highest BCUT2D eigenvalue weighted by Crippen LogP contribution is 2.22. The summed E-state index contributed by atoms with van der Waals surface area (Å²) in [4.78, 5) is 33.9. The van der Waals surface area contributed by atoms with Crippen molar-refractivity contribution < 1.29 is 38.8 Å². The molecule has 2 unspecified atom stereocenters. The summed E-state index contributed by atoms with van der Waals surface area (Å²) in [7, 11) is 2.86. The van der Waals surface area contributed by atoms with Gasteiger partial charge in [-0.05, 0) is 6.92 Å². The minimum atomic E-state index is -1.15. The molecule has 1 heterocycles. The second kappa shape index (κ2) is 10.5. The Morgan fingerprint density at radius 1 is 1.23 bits per heavy atom. The molecule has 0 bridgehead atoms. The lowest BCUT2D eigenvalue weighted by atomic mass is 9.96. The predicted octanol–water partition coefficient (Wildman–Crippen LogP) is -2.24. The summed E-state index contributed by atoms with van der Waals surface area (Å²) >= 11 is 0. The SMILES string of the molecule is COCC1O[C@@H](NN[C@@H](CC(=O)O)C(C)=O)C(NC(C)=O)[C@@H](O)[C@H]1OC. The van der Waals surface area contributed by atoms with Gasteiger partial charge >= 0.3 is 5.97 Å². The van der Waals surface area contributed by atoms with Gasteiger partial charge in [0, 0.05) is 21.1 Å². The van der Waals surface area contributed by atoms with E-state index in [1.54, 1.807) is 0 Å². The first kappa shape index (κ1) is 22.4. The van der Waals surface area contributed by atoms with Gasteiger partial charge in [-0.15, -0.1) is 0 Å². The number of hydrogen-bond acceptors (Lipinski definition) is 9. The van der Waals surface area contributed by atoms with Crippen molar-refractivity contribution in [2.75, 3.05) is 20.8 Å². The summed E-state index contributed by atoms with van der Waals surface area (Å²) in [5, 5.41) is 22.0. The topological polar surface area (TPSA) is 155 Å². The van der Waals surface area contributed by atoms with Gasteiger partial charge in [0.05, 0.1) is 25.1 Å². The molecule has 1 aliphatic heterocycles. The highest BCUT2D eigenvalue weighted by Gasteiger charge is 2.46. The maximum atomic E-state index is 11.6. The van der Waals surface area contributed by atoms with Crippen LogP contribution in [-0.2, 0) is 28.6 Å². The predicted molar refractivity (Wildman–Crippen MR) is 87.9 cm³/mol. The molecule has 11 heteroatoms. The van der Waals surface area contributed by atoms with Crippen LogP contribution in [0, 0.1) is 0 Å². The molecule has 6 atom stereocenters. The summed E-state index contributed by atoms with van der Waals surface area (Å²) in [6, 6.07) is -1.91. The molecule has 0 aromatic heterocycles. The number of aliphatic hydroxyl groups is 1. The zero-order chi connectivity index (χ0) is 19.9. The summed E-state index contributed by atoms with van der Waals surface area (Å²) in [5.74, 6) is -1.95. The second-order valence-corrected chi connectivity index (χ2v) is 6.02. The third-order valence-corrected chi connectivity index (χ3v) is 3.96. The Bertz CT molecular complexity index is 503. The molecule has 26 heavy (non-hydrogen) atoms. The van der Waals surface area contributed by atoms with Crippen molar-refractivity contribution in [2.45, 2.75) is 56.9 Å². The Kier molecular flexibility index (Phi) is 9.05. The smallest absolute Gasteiger partial charge is 0.305 e. The lowest BCUT2D eigenvalue weighted by molar-refractivity contribution is -0.215. The van der Waals surface area contributed by atoms with E-state index in [4.69, 9.17) is 19.3 Å². The lowest BCUT2D eigenvalue weighted by Crippen LogP contribution is -2.70. The summed E-state index contributed by atoms with van der Waals surface area (Å²) < 4.78 is 16.1. The first-order chi connectivity index (χ1) is 12.2. The number of ether oxygens (including phenoxy) is 3. The van der Waals surface area contributed by atoms with E-state index in [0.717, 1.165) is 0 Å². The molecule has 0 aromatic rings. The quantitative estimate of drug-likeness (QED) is 0.264. The number of carboxylic acids is 1. The average molecular weight is 377 g/mol. The van der Waals surface area contributed by atoms with E-state index in [9.17, 15) is 19.5 Å². The van der Waals surface area contributed by atoms with Crippen LogP contribution in [-0.4, -0.2) is 85.3 Å². The van der Waals surface area contributed by atoms with Gasteiger partial charge in [-0.2, -0.15) is 0 Å². The molecular weight excluding hydrogens is 350 g/mol. The van der Waals surface area contributed by atoms with Crippen molar-refractivity contribution in [3.63, 3.8) is 0 Å². The third-order valence-electron chi connectivity index (χ3n) is 3.96. The number of ketones is 1. The molecule has 1 saturated heterocycles. The van der Waals surface area contributed by atoms with Gasteiger partial charge in [0.15, 0.2) is 0 Å². The first-order valence-corrected chi connectivity index (χ1v) is 8.06. The molecule has 0 radical (unpaired) electrons. The third kappa shape index (κ3) is 6.27. The molecular formula is C15H27N3O8. The van der Waals surface area contributed by atoms with Crippen LogP contribution in [0.3, 0.4) is 0 Å². The highest BCUT2D eigenvalue weighted by molar-refractivity contribution is 5.85. The Morgan fingerprint density at radius 3 is 2.35 bits per heavy atom. The van der Waals surface area contributed by atoms with Crippen LogP contribution in [0.1, 0.15) is 20.3 Å². The zero-order valence-electron chi connectivity index (χ0n) is 15.2. The number of carbonyl (C=O) groups is 3. The number of hydrazine groups is 1. The van der Waals surface area contributed by atoms with Gasteiger partial charge in [0.2, 0.25) is 5.91 Å². The van der Waals surface area contributed by atoms with Crippen molar-refractivity contribution >= 4 is 17.7 Å². The molecule has 0 spiro atoms. The lowest BCUT2D eigenvalue weighted by Gasteiger charge is -2.44. The standard InChI is InChI=1S/C15H27N3O8/c1-7(19)9(5-11(21)22)17-18-15-12(16-8(2)20)13(23)14(25-4)10(26-15)6-24-3/h9-10,12-15,17-18,23H,5-6H2,1-4H3,(H,16,20)(H,21,22)/t9-,10?,12?,13+,14-,15+/m0/s1. The number of carbonyl (C=O) groups excluding carboxylic acids is 2. The Morgan fingerprint density at radius 2 is 1.88 bits per heavy atom. The summed E-state index contributed by atoms with van der Waals surface area (Å²) in [6.45, 7) is 2.65. The van der Waals surface area contributed by atoms with Crippen LogP contribution in [0.25, 0.3) is 0 Å². The molecule has 1 fully saturated rings. The molecule has 150 valence electrons. The maximum Gasteiger partial charge on any atom is 0.305 e. The molecule has 1 amide bonds.